The van der Waals surface area contributed by atoms with Crippen LogP contribution in [0.3, 0.4) is 0 Å². The zero-order chi connectivity index (χ0) is 12.8. The van der Waals surface area contributed by atoms with Crippen molar-refractivity contribution in [3.8, 4) is 0 Å². The van der Waals surface area contributed by atoms with Crippen LogP contribution < -0.4 is 5.73 Å². The summed E-state index contributed by atoms with van der Waals surface area (Å²) in [6.45, 7) is 1.28. The zero-order valence-corrected chi connectivity index (χ0v) is 11.1. The van der Waals surface area contributed by atoms with Gasteiger partial charge in [-0.15, -0.1) is 0 Å². The fourth-order valence-electron chi connectivity index (χ4n) is 2.45. The van der Waals surface area contributed by atoms with E-state index in [4.69, 9.17) is 15.2 Å². The van der Waals surface area contributed by atoms with Gasteiger partial charge < -0.3 is 15.2 Å². The van der Waals surface area contributed by atoms with E-state index < -0.39 is 0 Å². The molecule has 0 spiro atoms. The average Bonchev–Trinajstić information content (AvgIpc) is 2.46. The van der Waals surface area contributed by atoms with E-state index in [1.165, 1.54) is 18.4 Å². The molecule has 100 valence electrons. The maximum atomic E-state index is 5.96. The summed E-state index contributed by atoms with van der Waals surface area (Å²) in [5.41, 5.74) is 7.95. The predicted octanol–water partition coefficient (Wildman–Crippen LogP) is 2.62. The summed E-state index contributed by atoms with van der Waals surface area (Å²) in [5.74, 6) is 0. The molecule has 1 aliphatic rings. The van der Waals surface area contributed by atoms with E-state index >= 15 is 0 Å². The summed E-state index contributed by atoms with van der Waals surface area (Å²) in [7, 11) is 1.79. The van der Waals surface area contributed by atoms with Crippen molar-refractivity contribution in [2.75, 3.05) is 7.11 Å². The molecular weight excluding hydrogens is 226 g/mol. The third-order valence-electron chi connectivity index (χ3n) is 3.66. The molecule has 3 heteroatoms. The molecule has 0 radical (unpaired) electrons. The number of methoxy groups -OCH3 is 1. The van der Waals surface area contributed by atoms with Crippen molar-refractivity contribution in [2.45, 2.75) is 51.0 Å². The van der Waals surface area contributed by atoms with Crippen LogP contribution in [0.5, 0.6) is 0 Å². The smallest absolute Gasteiger partial charge is 0.0720 e. The molecule has 0 saturated heterocycles. The van der Waals surface area contributed by atoms with E-state index in [1.807, 2.05) is 0 Å². The lowest BCUT2D eigenvalue weighted by Crippen LogP contribution is -2.27. The number of hydrogen-bond donors (Lipinski definition) is 1. The fourth-order valence-corrected chi connectivity index (χ4v) is 2.45. The van der Waals surface area contributed by atoms with E-state index in [9.17, 15) is 0 Å². The third kappa shape index (κ3) is 3.80. The molecule has 2 unspecified atom stereocenters. The quantitative estimate of drug-likeness (QED) is 0.872. The van der Waals surface area contributed by atoms with E-state index in [2.05, 4.69) is 24.3 Å². The van der Waals surface area contributed by atoms with Crippen molar-refractivity contribution < 1.29 is 9.47 Å². The van der Waals surface area contributed by atoms with Gasteiger partial charge in [-0.3, -0.25) is 0 Å². The van der Waals surface area contributed by atoms with Gasteiger partial charge in [0.15, 0.2) is 0 Å². The zero-order valence-electron chi connectivity index (χ0n) is 11.1. The molecule has 0 heterocycles. The lowest BCUT2D eigenvalue weighted by molar-refractivity contribution is -0.0363. The molecule has 2 N–H and O–H groups in total. The Kier molecular flexibility index (Phi) is 5.17. The Morgan fingerprint density at radius 2 is 1.78 bits per heavy atom. The number of hydrogen-bond acceptors (Lipinski definition) is 3. The molecule has 1 aliphatic carbocycles. The molecule has 2 atom stereocenters. The van der Waals surface area contributed by atoms with Gasteiger partial charge in [-0.1, -0.05) is 24.3 Å². The molecule has 0 bridgehead atoms. The van der Waals surface area contributed by atoms with E-state index in [-0.39, 0.29) is 0 Å². The minimum Gasteiger partial charge on any atom is -0.381 e. The Morgan fingerprint density at radius 3 is 2.44 bits per heavy atom. The number of benzene rings is 1. The Labute approximate surface area is 109 Å². The van der Waals surface area contributed by atoms with E-state index in [1.54, 1.807) is 7.11 Å². The van der Waals surface area contributed by atoms with Gasteiger partial charge in [0.25, 0.3) is 0 Å². The highest BCUT2D eigenvalue weighted by Gasteiger charge is 2.21. The Morgan fingerprint density at radius 1 is 1.11 bits per heavy atom. The Bertz CT molecular complexity index is 350. The summed E-state index contributed by atoms with van der Waals surface area (Å²) in [6, 6.07) is 8.33. The first-order chi connectivity index (χ1) is 8.81. The second-order valence-corrected chi connectivity index (χ2v) is 4.98. The number of ether oxygens (including phenoxy) is 2. The van der Waals surface area contributed by atoms with E-state index in [0.29, 0.717) is 25.4 Å². The second-order valence-electron chi connectivity index (χ2n) is 4.98. The molecule has 0 aromatic heterocycles. The van der Waals surface area contributed by atoms with Crippen molar-refractivity contribution in [1.29, 1.82) is 0 Å². The van der Waals surface area contributed by atoms with Crippen molar-refractivity contribution in [3.05, 3.63) is 35.4 Å². The van der Waals surface area contributed by atoms with Crippen molar-refractivity contribution >= 4 is 0 Å². The molecule has 0 aliphatic heterocycles. The maximum Gasteiger partial charge on any atom is 0.0720 e. The molecule has 0 amide bonds. The van der Waals surface area contributed by atoms with Crippen molar-refractivity contribution in [2.24, 2.45) is 5.73 Å². The summed E-state index contributed by atoms with van der Waals surface area (Å²) in [4.78, 5) is 0. The fraction of sp³-hybridized carbons (Fsp3) is 0.600. The molecule has 1 aromatic rings. The van der Waals surface area contributed by atoms with Crippen LogP contribution in [0.2, 0.25) is 0 Å². The number of rotatable bonds is 5. The second kappa shape index (κ2) is 6.88. The standard InChI is InChI=1S/C15H23NO2/c1-17-14-3-2-4-15(9-14)18-11-13-7-5-12(10-16)6-8-13/h5-8,14-15H,2-4,9-11,16H2,1H3. The van der Waals surface area contributed by atoms with Gasteiger partial charge in [0.1, 0.15) is 0 Å². The van der Waals surface area contributed by atoms with E-state index in [0.717, 1.165) is 18.4 Å². The highest BCUT2D eigenvalue weighted by Crippen LogP contribution is 2.23. The molecule has 1 saturated carbocycles. The molecule has 18 heavy (non-hydrogen) atoms. The van der Waals surface area contributed by atoms with Gasteiger partial charge in [-0.25, -0.2) is 0 Å². The third-order valence-corrected chi connectivity index (χ3v) is 3.66. The summed E-state index contributed by atoms with van der Waals surface area (Å²) < 4.78 is 11.4. The van der Waals surface area contributed by atoms with Crippen LogP contribution >= 0.6 is 0 Å². The highest BCUT2D eigenvalue weighted by molar-refractivity contribution is 5.21. The van der Waals surface area contributed by atoms with Crippen LogP contribution in [0, 0.1) is 0 Å². The van der Waals surface area contributed by atoms with Gasteiger partial charge in [-0.05, 0) is 36.8 Å². The Balaban J connectivity index is 1.79. The minimum atomic E-state index is 0.345. The summed E-state index contributed by atoms with van der Waals surface area (Å²) in [6.07, 6.45) is 5.27. The Hall–Kier alpha value is -0.900. The highest BCUT2D eigenvalue weighted by atomic mass is 16.5. The SMILES string of the molecule is COC1CCCC(OCc2ccc(CN)cc2)C1. The average molecular weight is 249 g/mol. The first kappa shape index (κ1) is 13.5. The summed E-state index contributed by atoms with van der Waals surface area (Å²) in [5, 5.41) is 0. The van der Waals surface area contributed by atoms with Crippen LogP contribution in [0.1, 0.15) is 36.8 Å². The minimum absolute atomic E-state index is 0.345. The van der Waals surface area contributed by atoms with Crippen molar-refractivity contribution in [3.63, 3.8) is 0 Å². The van der Waals surface area contributed by atoms with Gasteiger partial charge in [-0.2, -0.15) is 0 Å². The normalized spacial score (nSPS) is 24.1. The topological polar surface area (TPSA) is 44.5 Å². The van der Waals surface area contributed by atoms with Gasteiger partial charge >= 0.3 is 0 Å². The molecule has 2 rings (SSSR count). The maximum absolute atomic E-state index is 5.96. The number of nitrogens with two attached hydrogens (primary N) is 1. The largest absolute Gasteiger partial charge is 0.381 e. The van der Waals surface area contributed by atoms with Crippen LogP contribution in [-0.4, -0.2) is 19.3 Å². The van der Waals surface area contributed by atoms with Crippen LogP contribution in [0.4, 0.5) is 0 Å². The van der Waals surface area contributed by atoms with Crippen LogP contribution in [0.15, 0.2) is 24.3 Å². The predicted molar refractivity (Wildman–Crippen MR) is 72.2 cm³/mol. The lowest BCUT2D eigenvalue weighted by atomic mass is 9.95. The molecule has 1 aromatic carbocycles. The molecular formula is C15H23NO2. The van der Waals surface area contributed by atoms with Crippen LogP contribution in [0.25, 0.3) is 0 Å². The van der Waals surface area contributed by atoms with Gasteiger partial charge in [0, 0.05) is 13.7 Å². The van der Waals surface area contributed by atoms with Crippen LogP contribution in [-0.2, 0) is 22.6 Å². The molecule has 3 nitrogen and oxygen atoms in total. The monoisotopic (exact) mass is 249 g/mol. The van der Waals surface area contributed by atoms with Crippen molar-refractivity contribution in [1.82, 2.24) is 0 Å². The first-order valence-corrected chi connectivity index (χ1v) is 6.74. The summed E-state index contributed by atoms with van der Waals surface area (Å²) >= 11 is 0. The first-order valence-electron chi connectivity index (χ1n) is 6.74. The van der Waals surface area contributed by atoms with Gasteiger partial charge in [0.2, 0.25) is 0 Å². The van der Waals surface area contributed by atoms with Gasteiger partial charge in [0.05, 0.1) is 18.8 Å². The molecule has 1 fully saturated rings. The lowest BCUT2D eigenvalue weighted by Gasteiger charge is -2.28.